The summed E-state index contributed by atoms with van der Waals surface area (Å²) >= 11 is 2.82. The summed E-state index contributed by atoms with van der Waals surface area (Å²) in [6, 6.07) is -3.56. The minimum Gasteiger partial charge on any atom is -0.444 e. The third-order valence-corrected chi connectivity index (χ3v) is 2.18. The smallest absolute Gasteiger partial charge is 0.410 e. The predicted octanol–water partition coefficient (Wildman–Crippen LogP) is 3.22. The number of hydrogen-bond acceptors (Lipinski definition) is 3. The number of likely N-dealkylation sites (tertiary alicyclic amines) is 1. The molecule has 19 heavy (non-hydrogen) atoms. The SMILES string of the molecule is [2H]c1nc(Br)c([2H])n1C1([2H])C([2H])([2H])C([2H])([2H])N(C(=O)OC(C)(C)C)C([2H])([2H])C1([2H])[2H]. The van der Waals surface area contributed by atoms with Gasteiger partial charge in [-0.25, -0.2) is 9.78 Å². The lowest BCUT2D eigenvalue weighted by molar-refractivity contribution is 0.0188. The van der Waals surface area contributed by atoms with E-state index in [-0.39, 0.29) is 14.1 Å². The van der Waals surface area contributed by atoms with E-state index >= 15 is 0 Å². The average Bonchev–Trinajstić information content (AvgIpc) is 2.75. The highest BCUT2D eigenvalue weighted by atomic mass is 79.9. The van der Waals surface area contributed by atoms with Crippen molar-refractivity contribution in [2.75, 3.05) is 13.0 Å². The van der Waals surface area contributed by atoms with Gasteiger partial charge in [-0.05, 0) is 49.4 Å². The fraction of sp³-hybridized carbons (Fsp3) is 0.692. The largest absolute Gasteiger partial charge is 0.444 e. The maximum Gasteiger partial charge on any atom is 0.410 e. The number of ether oxygens (including phenoxy) is 1. The van der Waals surface area contributed by atoms with Crippen molar-refractivity contribution < 1.29 is 24.6 Å². The van der Waals surface area contributed by atoms with E-state index in [0.717, 1.165) is 0 Å². The van der Waals surface area contributed by atoms with E-state index in [1.54, 1.807) is 0 Å². The van der Waals surface area contributed by atoms with Gasteiger partial charge in [0.25, 0.3) is 0 Å². The molecule has 0 saturated carbocycles. The van der Waals surface area contributed by atoms with E-state index < -0.39 is 55.9 Å². The first-order valence-corrected chi connectivity index (χ1v) is 6.13. The van der Waals surface area contributed by atoms with Crippen molar-refractivity contribution in [3.63, 3.8) is 0 Å². The summed E-state index contributed by atoms with van der Waals surface area (Å²) in [4.78, 5) is 15.8. The molecule has 0 spiro atoms. The molecule has 2 heterocycles. The molecule has 1 fully saturated rings. The van der Waals surface area contributed by atoms with Crippen LogP contribution in [0.5, 0.6) is 0 Å². The number of halogens is 1. The van der Waals surface area contributed by atoms with E-state index in [1.807, 2.05) is 0 Å². The molecule has 0 atom stereocenters. The van der Waals surface area contributed by atoms with E-state index in [1.165, 1.54) is 20.8 Å². The third kappa shape index (κ3) is 3.96. The van der Waals surface area contributed by atoms with Crippen molar-refractivity contribution in [1.82, 2.24) is 14.5 Å². The van der Waals surface area contributed by atoms with Gasteiger partial charge in [-0.15, -0.1) is 0 Å². The minimum absolute atomic E-state index is 0.152. The van der Waals surface area contributed by atoms with Crippen LogP contribution in [0, 0.1) is 0 Å². The zero-order valence-corrected chi connectivity index (χ0v) is 12.1. The topological polar surface area (TPSA) is 47.4 Å². The summed E-state index contributed by atoms with van der Waals surface area (Å²) in [5.74, 6) is 0. The molecule has 1 aromatic heterocycles. The molecule has 106 valence electrons. The molecule has 0 N–H and O–H groups in total. The van der Waals surface area contributed by atoms with Crippen LogP contribution in [0.4, 0.5) is 4.79 Å². The van der Waals surface area contributed by atoms with Crippen LogP contribution in [0.25, 0.3) is 0 Å². The van der Waals surface area contributed by atoms with Crippen molar-refractivity contribution in [3.8, 4) is 0 Å². The fourth-order valence-electron chi connectivity index (χ4n) is 1.13. The minimum atomic E-state index is -3.68. The highest BCUT2D eigenvalue weighted by molar-refractivity contribution is 9.10. The lowest BCUT2D eigenvalue weighted by Gasteiger charge is -2.33. The number of aromatic nitrogens is 2. The molecule has 0 unspecified atom stereocenters. The lowest BCUT2D eigenvalue weighted by Crippen LogP contribution is -2.42. The highest BCUT2D eigenvalue weighted by Crippen LogP contribution is 2.24. The lowest BCUT2D eigenvalue weighted by atomic mass is 10.1. The first kappa shape index (κ1) is 5.76. The second kappa shape index (κ2) is 5.53. The van der Waals surface area contributed by atoms with Crippen LogP contribution in [0.2, 0.25) is 0 Å². The van der Waals surface area contributed by atoms with Gasteiger partial charge < -0.3 is 14.2 Å². The Kier molecular flexibility index (Phi) is 1.67. The highest BCUT2D eigenvalue weighted by Gasteiger charge is 2.27. The molecule has 6 heteroatoms. The Balaban J connectivity index is 2.89. The Hall–Kier alpha value is -1.04. The Morgan fingerprint density at radius 2 is 2.26 bits per heavy atom. The standard InChI is InChI=1S/C13H20BrN3O2/c1-13(2,3)19-12(18)16-6-4-10(5-7-16)17-8-11(14)15-9-17/h8-10H,4-7H2,1-3H3/i4D2,5D2,6D2,7D2,8D,9D,10D. The van der Waals surface area contributed by atoms with Crippen LogP contribution in [-0.2, 0) is 4.74 Å². The first-order chi connectivity index (χ1) is 13.1. The Morgan fingerprint density at radius 1 is 1.63 bits per heavy atom. The second-order valence-corrected chi connectivity index (χ2v) is 5.34. The predicted molar refractivity (Wildman–Crippen MR) is 76.0 cm³/mol. The van der Waals surface area contributed by atoms with Crippen molar-refractivity contribution in [1.29, 1.82) is 0 Å². The van der Waals surface area contributed by atoms with E-state index in [2.05, 4.69) is 20.9 Å². The van der Waals surface area contributed by atoms with E-state index in [9.17, 15) is 4.79 Å². The Labute approximate surface area is 137 Å². The number of piperidine rings is 1. The van der Waals surface area contributed by atoms with Crippen LogP contribution in [0.15, 0.2) is 17.1 Å². The monoisotopic (exact) mass is 340 g/mol. The molecule has 1 saturated heterocycles. The number of carbonyl (C=O) groups is 1. The van der Waals surface area contributed by atoms with Gasteiger partial charge in [-0.1, -0.05) is 0 Å². The van der Waals surface area contributed by atoms with Gasteiger partial charge in [0.1, 0.15) is 11.6 Å². The molecule has 1 aromatic rings. The maximum atomic E-state index is 12.6. The number of amides is 1. The van der Waals surface area contributed by atoms with Gasteiger partial charge in [0.2, 0.25) is 0 Å². The van der Waals surface area contributed by atoms with Crippen LogP contribution in [0.3, 0.4) is 0 Å². The van der Waals surface area contributed by atoms with E-state index in [0.29, 0.717) is 0 Å². The Morgan fingerprint density at radius 3 is 2.74 bits per heavy atom. The van der Waals surface area contributed by atoms with Crippen molar-refractivity contribution >= 4 is 22.0 Å². The number of rotatable bonds is 1. The summed E-state index contributed by atoms with van der Waals surface area (Å²) in [7, 11) is 0. The normalized spacial score (nSPS) is 38.3. The number of hydrogen-bond donors (Lipinski definition) is 0. The van der Waals surface area contributed by atoms with Crippen LogP contribution < -0.4 is 0 Å². The molecule has 0 bridgehead atoms. The third-order valence-electron chi connectivity index (χ3n) is 1.82. The van der Waals surface area contributed by atoms with E-state index in [4.69, 9.17) is 19.8 Å². The van der Waals surface area contributed by atoms with Gasteiger partial charge in [0, 0.05) is 36.2 Å². The van der Waals surface area contributed by atoms with Crippen LogP contribution >= 0.6 is 15.9 Å². The average molecular weight is 341 g/mol. The molecule has 0 radical (unpaired) electrons. The van der Waals surface area contributed by atoms with Gasteiger partial charge in [0.05, 0.1) is 9.04 Å². The van der Waals surface area contributed by atoms with Gasteiger partial charge in [-0.3, -0.25) is 0 Å². The molecule has 0 aliphatic carbocycles. The Bertz CT molecular complexity index is 852. The number of nitrogens with zero attached hydrogens (tertiary/aromatic N) is 3. The zero-order chi connectivity index (χ0) is 23.9. The molecule has 5 nitrogen and oxygen atoms in total. The van der Waals surface area contributed by atoms with Gasteiger partial charge in [-0.2, -0.15) is 0 Å². The molecule has 2 rings (SSSR count). The quantitative estimate of drug-likeness (QED) is 0.788. The molecule has 0 aromatic carbocycles. The molecular weight excluding hydrogens is 310 g/mol. The zero-order valence-electron chi connectivity index (χ0n) is 21.5. The molecule has 1 amide bonds. The maximum absolute atomic E-state index is 12.6. The molecular formula is C13H20BrN3O2. The van der Waals surface area contributed by atoms with Crippen LogP contribution in [-0.4, -0.2) is 39.1 Å². The fourth-order valence-corrected chi connectivity index (χ4v) is 1.39. The van der Waals surface area contributed by atoms with Crippen molar-refractivity contribution in [2.45, 2.75) is 45.1 Å². The first-order valence-electron chi connectivity index (χ1n) is 10.8. The molecule has 1 aliphatic heterocycles. The number of carbonyl (C=O) groups excluding carboxylic acids is 1. The van der Waals surface area contributed by atoms with Gasteiger partial charge in [0.15, 0.2) is 0 Å². The molecule has 1 aliphatic rings. The van der Waals surface area contributed by atoms with Crippen molar-refractivity contribution in [2.24, 2.45) is 0 Å². The summed E-state index contributed by atoms with van der Waals surface area (Å²) in [6.45, 7) is -3.07. The summed E-state index contributed by atoms with van der Waals surface area (Å²) < 4.78 is 95.5. The van der Waals surface area contributed by atoms with Crippen molar-refractivity contribution in [3.05, 3.63) is 17.1 Å². The van der Waals surface area contributed by atoms with Crippen LogP contribution in [0.1, 0.15) is 54.6 Å². The van der Waals surface area contributed by atoms with Gasteiger partial charge >= 0.3 is 6.09 Å². The summed E-state index contributed by atoms with van der Waals surface area (Å²) in [5, 5.41) is 0. The summed E-state index contributed by atoms with van der Waals surface area (Å²) in [6.07, 6.45) is -10.8. The number of imidazole rings is 1. The summed E-state index contributed by atoms with van der Waals surface area (Å²) in [5.41, 5.74) is -1.24. The second-order valence-electron chi connectivity index (χ2n) is 4.59.